The van der Waals surface area contributed by atoms with Gasteiger partial charge >= 0.3 is 5.97 Å². The number of esters is 1. The van der Waals surface area contributed by atoms with Crippen molar-refractivity contribution in [1.29, 1.82) is 0 Å². The highest BCUT2D eigenvalue weighted by Crippen LogP contribution is 2.15. The van der Waals surface area contributed by atoms with Crippen LogP contribution in [0.4, 0.5) is 0 Å². The topological polar surface area (TPSA) is 26.3 Å². The Hall–Kier alpha value is -0.530. The molecule has 1 unspecified atom stereocenters. The van der Waals surface area contributed by atoms with Gasteiger partial charge in [-0.25, -0.2) is 0 Å². The van der Waals surface area contributed by atoms with E-state index in [1.54, 1.807) is 0 Å². The summed E-state index contributed by atoms with van der Waals surface area (Å²) in [5.74, 6) is -0.152. The highest BCUT2D eigenvalue weighted by atomic mass is 16.5. The fourth-order valence-corrected chi connectivity index (χ4v) is 3.85. The second-order valence-electron chi connectivity index (χ2n) is 8.57. The molecule has 27 heavy (non-hydrogen) atoms. The van der Waals surface area contributed by atoms with Crippen molar-refractivity contribution in [3.8, 4) is 0 Å². The standard InChI is InChI=1S/C25H50O2/c1-4-5-6-7-8-9-10-11-12-13-14-15-16-17-18-19-20-21-22-23-24(2)27-25(3)26/h24H,4-23H2,1-3H3. The molecule has 0 aromatic carbocycles. The minimum atomic E-state index is -0.152. The second kappa shape index (κ2) is 21.8. The maximum Gasteiger partial charge on any atom is 0.302 e. The Bertz CT molecular complexity index is 301. The quantitative estimate of drug-likeness (QED) is 0.146. The van der Waals surface area contributed by atoms with Crippen molar-refractivity contribution in [2.45, 2.75) is 155 Å². The van der Waals surface area contributed by atoms with Gasteiger partial charge in [0.2, 0.25) is 0 Å². The molecule has 2 nitrogen and oxygen atoms in total. The molecule has 162 valence electrons. The van der Waals surface area contributed by atoms with E-state index in [-0.39, 0.29) is 12.1 Å². The van der Waals surface area contributed by atoms with Gasteiger partial charge in [0.25, 0.3) is 0 Å². The lowest BCUT2D eigenvalue weighted by Gasteiger charge is -2.11. The molecule has 0 rings (SSSR count). The summed E-state index contributed by atoms with van der Waals surface area (Å²) in [5, 5.41) is 0. The molecule has 0 N–H and O–H groups in total. The first-order chi connectivity index (χ1) is 13.2. The van der Waals surface area contributed by atoms with Crippen molar-refractivity contribution < 1.29 is 9.53 Å². The van der Waals surface area contributed by atoms with E-state index < -0.39 is 0 Å². The van der Waals surface area contributed by atoms with E-state index in [9.17, 15) is 4.79 Å². The third-order valence-corrected chi connectivity index (χ3v) is 5.58. The van der Waals surface area contributed by atoms with Crippen LogP contribution in [0.25, 0.3) is 0 Å². The summed E-state index contributed by atoms with van der Waals surface area (Å²) in [6.45, 7) is 5.78. The summed E-state index contributed by atoms with van der Waals surface area (Å²) in [5.41, 5.74) is 0. The van der Waals surface area contributed by atoms with Crippen molar-refractivity contribution in [2.75, 3.05) is 0 Å². The molecule has 0 aromatic rings. The molecule has 0 aliphatic rings. The molecule has 0 radical (unpaired) electrons. The zero-order valence-corrected chi connectivity index (χ0v) is 19.0. The molecule has 0 bridgehead atoms. The van der Waals surface area contributed by atoms with Crippen molar-refractivity contribution >= 4 is 5.97 Å². The first kappa shape index (κ1) is 26.5. The normalized spacial score (nSPS) is 12.3. The summed E-state index contributed by atoms with van der Waals surface area (Å²) in [4.78, 5) is 10.8. The summed E-state index contributed by atoms with van der Waals surface area (Å²) in [7, 11) is 0. The fraction of sp³-hybridized carbons (Fsp3) is 0.960. The number of carbonyl (C=O) groups excluding carboxylic acids is 1. The number of rotatable bonds is 21. The number of unbranched alkanes of at least 4 members (excludes halogenated alkanes) is 18. The van der Waals surface area contributed by atoms with Crippen LogP contribution >= 0.6 is 0 Å². The Morgan fingerprint density at radius 3 is 1.19 bits per heavy atom. The van der Waals surface area contributed by atoms with Gasteiger partial charge in [-0.2, -0.15) is 0 Å². The lowest BCUT2D eigenvalue weighted by atomic mass is 10.0. The zero-order valence-electron chi connectivity index (χ0n) is 19.0. The van der Waals surface area contributed by atoms with Crippen LogP contribution in [0.3, 0.4) is 0 Å². The number of hydrogen-bond acceptors (Lipinski definition) is 2. The molecule has 0 aliphatic carbocycles. The number of ether oxygens (including phenoxy) is 1. The molecule has 1 atom stereocenters. The highest BCUT2D eigenvalue weighted by Gasteiger charge is 2.04. The van der Waals surface area contributed by atoms with Gasteiger partial charge in [-0.05, 0) is 19.8 Å². The fourth-order valence-electron chi connectivity index (χ4n) is 3.85. The third kappa shape index (κ3) is 23.4. The van der Waals surface area contributed by atoms with Gasteiger partial charge < -0.3 is 4.74 Å². The van der Waals surface area contributed by atoms with Crippen molar-refractivity contribution in [3.05, 3.63) is 0 Å². The summed E-state index contributed by atoms with van der Waals surface area (Å²) >= 11 is 0. The first-order valence-corrected chi connectivity index (χ1v) is 12.3. The van der Waals surface area contributed by atoms with E-state index in [1.807, 2.05) is 6.92 Å². The van der Waals surface area contributed by atoms with Crippen molar-refractivity contribution in [1.82, 2.24) is 0 Å². The van der Waals surface area contributed by atoms with Crippen LogP contribution in [-0.4, -0.2) is 12.1 Å². The molecule has 0 spiro atoms. The first-order valence-electron chi connectivity index (χ1n) is 12.3. The van der Waals surface area contributed by atoms with Crippen LogP contribution < -0.4 is 0 Å². The molecule has 2 heteroatoms. The Morgan fingerprint density at radius 1 is 0.593 bits per heavy atom. The second-order valence-corrected chi connectivity index (χ2v) is 8.57. The van der Waals surface area contributed by atoms with Gasteiger partial charge in [0.15, 0.2) is 0 Å². The van der Waals surface area contributed by atoms with Gasteiger partial charge in [0, 0.05) is 6.92 Å². The minimum absolute atomic E-state index is 0.0910. The van der Waals surface area contributed by atoms with Crippen LogP contribution in [0.1, 0.15) is 149 Å². The molecule has 0 heterocycles. The maximum absolute atomic E-state index is 10.8. The van der Waals surface area contributed by atoms with E-state index in [2.05, 4.69) is 6.92 Å². The lowest BCUT2D eigenvalue weighted by Crippen LogP contribution is -2.11. The average molecular weight is 383 g/mol. The Balaban J connectivity index is 3.06. The number of carbonyl (C=O) groups is 1. The SMILES string of the molecule is CCCCCCCCCCCCCCCCCCCCCC(C)OC(C)=O. The maximum atomic E-state index is 10.8. The molecule has 0 fully saturated rings. The lowest BCUT2D eigenvalue weighted by molar-refractivity contribution is -0.145. The van der Waals surface area contributed by atoms with Crippen LogP contribution in [-0.2, 0) is 9.53 Å². The average Bonchev–Trinajstić information content (AvgIpc) is 2.63. The van der Waals surface area contributed by atoms with Gasteiger partial charge in [0.05, 0.1) is 6.10 Å². The van der Waals surface area contributed by atoms with Crippen LogP contribution in [0.15, 0.2) is 0 Å². The van der Waals surface area contributed by atoms with E-state index in [4.69, 9.17) is 4.74 Å². The molecule has 0 saturated carbocycles. The van der Waals surface area contributed by atoms with E-state index in [0.717, 1.165) is 6.42 Å². The summed E-state index contributed by atoms with van der Waals surface area (Å²) in [6.07, 6.45) is 27.9. The molecule has 0 saturated heterocycles. The van der Waals surface area contributed by atoms with Crippen molar-refractivity contribution in [3.63, 3.8) is 0 Å². The molecule has 0 amide bonds. The van der Waals surface area contributed by atoms with E-state index >= 15 is 0 Å². The molecule has 0 aromatic heterocycles. The smallest absolute Gasteiger partial charge is 0.302 e. The van der Waals surface area contributed by atoms with Gasteiger partial charge in [-0.1, -0.05) is 122 Å². The Kier molecular flexibility index (Phi) is 21.3. The Morgan fingerprint density at radius 2 is 0.889 bits per heavy atom. The van der Waals surface area contributed by atoms with Crippen molar-refractivity contribution in [2.24, 2.45) is 0 Å². The molecule has 0 aliphatic heterocycles. The number of hydrogen-bond donors (Lipinski definition) is 0. The van der Waals surface area contributed by atoms with Crippen LogP contribution in [0, 0.1) is 0 Å². The van der Waals surface area contributed by atoms with Gasteiger partial charge in [0.1, 0.15) is 0 Å². The highest BCUT2D eigenvalue weighted by molar-refractivity contribution is 5.66. The monoisotopic (exact) mass is 382 g/mol. The molecular weight excluding hydrogens is 332 g/mol. The predicted molar refractivity (Wildman–Crippen MR) is 119 cm³/mol. The third-order valence-electron chi connectivity index (χ3n) is 5.58. The van der Waals surface area contributed by atoms with Crippen LogP contribution in [0.2, 0.25) is 0 Å². The largest absolute Gasteiger partial charge is 0.463 e. The van der Waals surface area contributed by atoms with Gasteiger partial charge in [-0.3, -0.25) is 4.79 Å². The van der Waals surface area contributed by atoms with Crippen LogP contribution in [0.5, 0.6) is 0 Å². The minimum Gasteiger partial charge on any atom is -0.463 e. The van der Waals surface area contributed by atoms with E-state index in [1.165, 1.54) is 129 Å². The molecular formula is C25H50O2. The van der Waals surface area contributed by atoms with E-state index in [0.29, 0.717) is 0 Å². The van der Waals surface area contributed by atoms with Gasteiger partial charge in [-0.15, -0.1) is 0 Å². The Labute approximate surface area is 171 Å². The predicted octanol–water partition coefficient (Wildman–Crippen LogP) is 8.76. The zero-order chi connectivity index (χ0) is 20.0. The summed E-state index contributed by atoms with van der Waals surface area (Å²) < 4.78 is 5.15. The summed E-state index contributed by atoms with van der Waals surface area (Å²) in [6, 6.07) is 0.